The Balaban J connectivity index is 2.05. The van der Waals surface area contributed by atoms with Crippen molar-refractivity contribution in [1.29, 1.82) is 0 Å². The number of carbonyl (C=O) groups is 2. The first-order valence-electron chi connectivity index (χ1n) is 9.93. The van der Waals surface area contributed by atoms with Crippen LogP contribution in [0.3, 0.4) is 0 Å². The molecule has 0 bridgehead atoms. The van der Waals surface area contributed by atoms with Crippen LogP contribution in [0.5, 0.6) is 0 Å². The molecule has 4 N–H and O–H groups in total. The zero-order valence-corrected chi connectivity index (χ0v) is 18.4. The lowest BCUT2D eigenvalue weighted by Crippen LogP contribution is -3.06. The maximum atomic E-state index is 12.3. The summed E-state index contributed by atoms with van der Waals surface area (Å²) in [5.41, 5.74) is 6.26. The van der Waals surface area contributed by atoms with Crippen LogP contribution >= 0.6 is 11.8 Å². The molecule has 1 aromatic heterocycles. The monoisotopic (exact) mass is 419 g/mol. The molecule has 0 fully saturated rings. The molecular weight excluding hydrogens is 388 g/mol. The van der Waals surface area contributed by atoms with E-state index in [4.69, 9.17) is 5.73 Å². The van der Waals surface area contributed by atoms with Gasteiger partial charge in [0, 0.05) is 24.2 Å². The quantitative estimate of drug-likeness (QED) is 0.479. The smallest absolute Gasteiger partial charge is 0.248 e. The summed E-state index contributed by atoms with van der Waals surface area (Å²) in [5, 5.41) is 12.4. The number of unbranched alkanes of at least 4 members (excludes halogenated alkanes) is 1. The molecule has 0 saturated carbocycles. The third kappa shape index (κ3) is 6.30. The number of thioether (sulfide) groups is 1. The number of aromatic nitrogens is 3. The molecule has 158 valence electrons. The van der Waals surface area contributed by atoms with E-state index in [0.29, 0.717) is 11.3 Å². The van der Waals surface area contributed by atoms with E-state index in [0.717, 1.165) is 36.8 Å². The van der Waals surface area contributed by atoms with E-state index < -0.39 is 5.91 Å². The molecule has 1 atom stereocenters. The van der Waals surface area contributed by atoms with E-state index in [9.17, 15) is 9.59 Å². The highest BCUT2D eigenvalue weighted by Gasteiger charge is 2.25. The van der Waals surface area contributed by atoms with Crippen molar-refractivity contribution in [3.8, 4) is 0 Å². The number of benzene rings is 1. The Morgan fingerprint density at radius 3 is 2.45 bits per heavy atom. The summed E-state index contributed by atoms with van der Waals surface area (Å²) >= 11 is 1.39. The number of primary amides is 1. The van der Waals surface area contributed by atoms with Crippen molar-refractivity contribution in [3.05, 3.63) is 35.7 Å². The standard InChI is InChI=1S/C20H30N6O2S/c1-5-7-12-26-19(16(6-2)25(3)4)23-24-20(26)29-13-17(27)22-15-10-8-14(9-11-15)18(21)28/h8-11,16H,5-7,12-13H2,1-4H3,(H2,21,28)(H,22,27)/p+1/t16-/m1/s1. The third-order valence-corrected chi connectivity index (χ3v) is 5.65. The first-order chi connectivity index (χ1) is 13.9. The van der Waals surface area contributed by atoms with Crippen molar-refractivity contribution >= 4 is 29.3 Å². The van der Waals surface area contributed by atoms with Gasteiger partial charge in [-0.05, 0) is 30.7 Å². The summed E-state index contributed by atoms with van der Waals surface area (Å²) in [7, 11) is 4.24. The average Bonchev–Trinajstić information content (AvgIpc) is 3.07. The van der Waals surface area contributed by atoms with E-state index in [1.54, 1.807) is 24.3 Å². The minimum absolute atomic E-state index is 0.140. The summed E-state index contributed by atoms with van der Waals surface area (Å²) in [6, 6.07) is 6.78. The lowest BCUT2D eigenvalue weighted by Gasteiger charge is -2.20. The summed E-state index contributed by atoms with van der Waals surface area (Å²) in [6.45, 7) is 5.16. The van der Waals surface area contributed by atoms with E-state index in [1.165, 1.54) is 16.7 Å². The van der Waals surface area contributed by atoms with Crippen LogP contribution in [-0.4, -0.2) is 46.4 Å². The minimum Gasteiger partial charge on any atom is -0.366 e. The number of hydrogen-bond acceptors (Lipinski definition) is 5. The molecule has 8 nitrogen and oxygen atoms in total. The van der Waals surface area contributed by atoms with Crippen molar-refractivity contribution in [2.24, 2.45) is 5.73 Å². The van der Waals surface area contributed by atoms with Crippen LogP contribution in [0.15, 0.2) is 29.4 Å². The number of nitrogens with zero attached hydrogens (tertiary/aromatic N) is 3. The Morgan fingerprint density at radius 1 is 1.21 bits per heavy atom. The fourth-order valence-corrected chi connectivity index (χ4v) is 3.86. The molecule has 2 aromatic rings. The van der Waals surface area contributed by atoms with Crippen LogP contribution < -0.4 is 16.0 Å². The Hall–Kier alpha value is -2.39. The number of hydrogen-bond donors (Lipinski definition) is 3. The predicted octanol–water partition coefficient (Wildman–Crippen LogP) is 1.50. The second-order valence-corrected chi connectivity index (χ2v) is 8.11. The average molecular weight is 420 g/mol. The summed E-state index contributed by atoms with van der Waals surface area (Å²) in [5.74, 6) is 0.572. The van der Waals surface area contributed by atoms with Gasteiger partial charge < -0.3 is 20.5 Å². The molecule has 1 heterocycles. The van der Waals surface area contributed by atoms with Crippen LogP contribution in [0.4, 0.5) is 5.69 Å². The molecule has 0 unspecified atom stereocenters. The van der Waals surface area contributed by atoms with E-state index in [1.807, 2.05) is 0 Å². The zero-order chi connectivity index (χ0) is 21.4. The van der Waals surface area contributed by atoms with Crippen molar-refractivity contribution in [3.63, 3.8) is 0 Å². The van der Waals surface area contributed by atoms with Crippen LogP contribution in [0.1, 0.15) is 55.3 Å². The van der Waals surface area contributed by atoms with Crippen molar-refractivity contribution in [2.45, 2.75) is 50.9 Å². The SMILES string of the molecule is CCCCn1c(SCC(=O)Nc2ccc(C(N)=O)cc2)nnc1[C@@H](CC)[NH+](C)C. The molecule has 0 spiro atoms. The maximum Gasteiger partial charge on any atom is 0.248 e. The topological polar surface area (TPSA) is 107 Å². The second kappa shape index (κ2) is 11.0. The fourth-order valence-electron chi connectivity index (χ4n) is 3.08. The summed E-state index contributed by atoms with van der Waals surface area (Å²) in [6.07, 6.45) is 3.09. The van der Waals surface area contributed by atoms with E-state index >= 15 is 0 Å². The Kier molecular flexibility index (Phi) is 8.66. The van der Waals surface area contributed by atoms with E-state index in [2.05, 4.69) is 48.0 Å². The molecule has 1 aromatic carbocycles. The zero-order valence-electron chi connectivity index (χ0n) is 17.6. The van der Waals surface area contributed by atoms with E-state index in [-0.39, 0.29) is 17.7 Å². The summed E-state index contributed by atoms with van der Waals surface area (Å²) in [4.78, 5) is 24.8. The van der Waals surface area contributed by atoms with Gasteiger partial charge in [-0.1, -0.05) is 32.0 Å². The lowest BCUT2D eigenvalue weighted by molar-refractivity contribution is -0.893. The Bertz CT molecular complexity index is 819. The number of nitrogens with two attached hydrogens (primary N) is 1. The van der Waals surface area contributed by atoms with Crippen molar-refractivity contribution in [2.75, 3.05) is 25.2 Å². The molecule has 29 heavy (non-hydrogen) atoms. The van der Waals surface area contributed by atoms with Crippen molar-refractivity contribution in [1.82, 2.24) is 14.8 Å². The van der Waals surface area contributed by atoms with Crippen LogP contribution in [0.2, 0.25) is 0 Å². The molecule has 0 radical (unpaired) electrons. The summed E-state index contributed by atoms with van der Waals surface area (Å²) < 4.78 is 2.16. The molecule has 0 aliphatic carbocycles. The number of quaternary nitrogens is 1. The molecule has 0 aliphatic rings. The van der Waals surface area contributed by atoms with Crippen LogP contribution in [-0.2, 0) is 11.3 Å². The Morgan fingerprint density at radius 2 is 1.90 bits per heavy atom. The Labute approximate surface area is 176 Å². The van der Waals surface area contributed by atoms with Gasteiger partial charge in [0.05, 0.1) is 19.8 Å². The van der Waals surface area contributed by atoms with Gasteiger partial charge in [0.1, 0.15) is 6.04 Å². The number of carbonyl (C=O) groups excluding carboxylic acids is 2. The van der Waals surface area contributed by atoms with Gasteiger partial charge >= 0.3 is 0 Å². The molecule has 9 heteroatoms. The van der Waals surface area contributed by atoms with Gasteiger partial charge in [-0.3, -0.25) is 9.59 Å². The number of anilines is 1. The molecule has 0 aliphatic heterocycles. The highest BCUT2D eigenvalue weighted by molar-refractivity contribution is 7.99. The second-order valence-electron chi connectivity index (χ2n) is 7.16. The van der Waals surface area contributed by atoms with Gasteiger partial charge in [-0.15, -0.1) is 10.2 Å². The maximum absolute atomic E-state index is 12.3. The molecule has 0 saturated heterocycles. The number of rotatable bonds is 11. The number of amides is 2. The van der Waals surface area contributed by atoms with Gasteiger partial charge in [0.15, 0.2) is 11.0 Å². The normalized spacial score (nSPS) is 12.2. The van der Waals surface area contributed by atoms with Crippen molar-refractivity contribution < 1.29 is 14.5 Å². The van der Waals surface area contributed by atoms with Gasteiger partial charge in [0.2, 0.25) is 11.8 Å². The number of nitrogens with one attached hydrogen (secondary N) is 2. The predicted molar refractivity (Wildman–Crippen MR) is 115 cm³/mol. The minimum atomic E-state index is -0.495. The fraction of sp³-hybridized carbons (Fsp3) is 0.500. The molecule has 2 amide bonds. The van der Waals surface area contributed by atoms with Crippen LogP contribution in [0.25, 0.3) is 0 Å². The van der Waals surface area contributed by atoms with Crippen LogP contribution in [0, 0.1) is 0 Å². The van der Waals surface area contributed by atoms with Gasteiger partial charge in [-0.25, -0.2) is 0 Å². The largest absolute Gasteiger partial charge is 0.366 e. The first-order valence-corrected chi connectivity index (χ1v) is 10.9. The van der Waals surface area contributed by atoms with Gasteiger partial charge in [-0.2, -0.15) is 0 Å². The molecule has 2 rings (SSSR count). The lowest BCUT2D eigenvalue weighted by atomic mass is 10.2. The van der Waals surface area contributed by atoms with Gasteiger partial charge in [0.25, 0.3) is 0 Å². The first kappa shape index (κ1) is 22.9. The highest BCUT2D eigenvalue weighted by Crippen LogP contribution is 2.22. The highest BCUT2D eigenvalue weighted by atomic mass is 32.2. The molecular formula is C20H31N6O2S+. The third-order valence-electron chi connectivity index (χ3n) is 4.68.